The molecular formula is C16H14O7. The molecule has 0 aliphatic carbocycles. The van der Waals surface area contributed by atoms with Crippen LogP contribution in [-0.2, 0) is 0 Å². The fourth-order valence-electron chi connectivity index (χ4n) is 2.55. The van der Waals surface area contributed by atoms with Crippen LogP contribution in [-0.4, -0.2) is 39.4 Å². The summed E-state index contributed by atoms with van der Waals surface area (Å²) in [6.45, 7) is 0. The standard InChI is InChI=1S/C16H14O7/c1-22-16-10(18)4-7(5-11(16)19)15-14(21)13(20)9-3-2-8(17)6-12(9)23-15/h2-6,14-15,17-19,21H,1H3/t14-,15+/m1/s1. The Balaban J connectivity index is 2.06. The van der Waals surface area contributed by atoms with Crippen molar-refractivity contribution in [2.75, 3.05) is 7.11 Å². The lowest BCUT2D eigenvalue weighted by Gasteiger charge is -2.30. The van der Waals surface area contributed by atoms with Gasteiger partial charge in [-0.15, -0.1) is 0 Å². The molecule has 1 heterocycles. The van der Waals surface area contributed by atoms with Crippen LogP contribution in [0.5, 0.6) is 28.7 Å². The fourth-order valence-corrected chi connectivity index (χ4v) is 2.55. The van der Waals surface area contributed by atoms with Gasteiger partial charge in [0.2, 0.25) is 5.75 Å². The van der Waals surface area contributed by atoms with E-state index in [0.717, 1.165) is 0 Å². The Hall–Kier alpha value is -2.93. The first-order valence-corrected chi connectivity index (χ1v) is 6.74. The van der Waals surface area contributed by atoms with Crippen LogP contribution in [0, 0.1) is 0 Å². The van der Waals surface area contributed by atoms with Gasteiger partial charge in [-0.05, 0) is 24.3 Å². The van der Waals surface area contributed by atoms with Crippen LogP contribution in [0.25, 0.3) is 0 Å². The van der Waals surface area contributed by atoms with Crippen molar-refractivity contribution in [3.05, 3.63) is 41.5 Å². The molecule has 0 fully saturated rings. The van der Waals surface area contributed by atoms with Gasteiger partial charge in [-0.1, -0.05) is 0 Å². The molecular weight excluding hydrogens is 304 g/mol. The van der Waals surface area contributed by atoms with Crippen LogP contribution >= 0.6 is 0 Å². The predicted molar refractivity (Wildman–Crippen MR) is 78.1 cm³/mol. The van der Waals surface area contributed by atoms with E-state index in [4.69, 9.17) is 9.47 Å². The number of Topliss-reactive ketones (excluding diaryl/α,β-unsaturated/α-hetero) is 1. The molecule has 7 nitrogen and oxygen atoms in total. The third-order valence-electron chi connectivity index (χ3n) is 3.64. The maximum atomic E-state index is 12.2. The van der Waals surface area contributed by atoms with Crippen molar-refractivity contribution in [3.63, 3.8) is 0 Å². The number of carbonyl (C=O) groups is 1. The third kappa shape index (κ3) is 2.40. The molecule has 2 atom stereocenters. The van der Waals surface area contributed by atoms with Gasteiger partial charge in [-0.3, -0.25) is 4.79 Å². The zero-order valence-electron chi connectivity index (χ0n) is 12.1. The Kier molecular flexibility index (Phi) is 3.49. The summed E-state index contributed by atoms with van der Waals surface area (Å²) < 4.78 is 10.4. The summed E-state index contributed by atoms with van der Waals surface area (Å²) in [6.07, 6.45) is -2.65. The molecule has 23 heavy (non-hydrogen) atoms. The second kappa shape index (κ2) is 5.36. The van der Waals surface area contributed by atoms with E-state index in [1.165, 1.54) is 37.4 Å². The number of ketones is 1. The molecule has 4 N–H and O–H groups in total. The fraction of sp³-hybridized carbons (Fsp3) is 0.188. The van der Waals surface area contributed by atoms with Crippen LogP contribution in [0.3, 0.4) is 0 Å². The summed E-state index contributed by atoms with van der Waals surface area (Å²) in [4.78, 5) is 12.2. The highest BCUT2D eigenvalue weighted by Gasteiger charge is 2.37. The molecule has 0 radical (unpaired) electrons. The van der Waals surface area contributed by atoms with Gasteiger partial charge >= 0.3 is 0 Å². The molecule has 1 aliphatic rings. The highest BCUT2D eigenvalue weighted by molar-refractivity contribution is 6.03. The van der Waals surface area contributed by atoms with E-state index in [1.807, 2.05) is 0 Å². The minimum atomic E-state index is -1.51. The smallest absolute Gasteiger partial charge is 0.202 e. The quantitative estimate of drug-likeness (QED) is 0.663. The molecule has 1 aliphatic heterocycles. The van der Waals surface area contributed by atoms with Gasteiger partial charge in [-0.2, -0.15) is 0 Å². The van der Waals surface area contributed by atoms with Crippen molar-refractivity contribution in [1.82, 2.24) is 0 Å². The number of ether oxygens (including phenoxy) is 2. The summed E-state index contributed by atoms with van der Waals surface area (Å²) in [5.74, 6) is -1.39. The van der Waals surface area contributed by atoms with Crippen molar-refractivity contribution in [1.29, 1.82) is 0 Å². The predicted octanol–water partition coefficient (Wildman–Crippen LogP) is 1.49. The molecule has 2 aromatic carbocycles. The molecule has 0 unspecified atom stereocenters. The van der Waals surface area contributed by atoms with Crippen LogP contribution in [0.1, 0.15) is 22.0 Å². The normalized spacial score (nSPS) is 19.8. The number of fused-ring (bicyclic) bond motifs is 1. The lowest BCUT2D eigenvalue weighted by Crippen LogP contribution is -2.36. The number of aliphatic hydroxyl groups is 1. The van der Waals surface area contributed by atoms with Gasteiger partial charge in [0.05, 0.1) is 12.7 Å². The second-order valence-electron chi connectivity index (χ2n) is 5.12. The third-order valence-corrected chi connectivity index (χ3v) is 3.64. The molecule has 7 heteroatoms. The van der Waals surface area contributed by atoms with E-state index < -0.39 is 18.0 Å². The topological polar surface area (TPSA) is 116 Å². The SMILES string of the molecule is COc1c(O)cc([C@@H]2Oc3cc(O)ccc3C(=O)[C@H]2O)cc1O. The monoisotopic (exact) mass is 318 g/mol. The Morgan fingerprint density at radius 1 is 1.09 bits per heavy atom. The van der Waals surface area contributed by atoms with E-state index in [0.29, 0.717) is 0 Å². The number of benzene rings is 2. The molecule has 2 aromatic rings. The number of rotatable bonds is 2. The van der Waals surface area contributed by atoms with Crippen LogP contribution in [0.4, 0.5) is 0 Å². The van der Waals surface area contributed by atoms with Crippen molar-refractivity contribution in [2.24, 2.45) is 0 Å². The highest BCUT2D eigenvalue weighted by atomic mass is 16.5. The number of hydrogen-bond acceptors (Lipinski definition) is 7. The zero-order chi connectivity index (χ0) is 16.7. The lowest BCUT2D eigenvalue weighted by molar-refractivity contribution is 0.0214. The number of methoxy groups -OCH3 is 1. The maximum Gasteiger partial charge on any atom is 0.202 e. The Morgan fingerprint density at radius 3 is 2.35 bits per heavy atom. The molecule has 0 amide bonds. The minimum absolute atomic E-state index is 0.0906. The molecule has 0 spiro atoms. The first kappa shape index (κ1) is 15.0. The molecule has 3 rings (SSSR count). The summed E-state index contributed by atoms with van der Waals surface area (Å²) in [6, 6.07) is 6.39. The first-order chi connectivity index (χ1) is 10.9. The highest BCUT2D eigenvalue weighted by Crippen LogP contribution is 2.42. The minimum Gasteiger partial charge on any atom is -0.508 e. The Morgan fingerprint density at radius 2 is 1.74 bits per heavy atom. The van der Waals surface area contributed by atoms with E-state index in [1.54, 1.807) is 0 Å². The summed E-state index contributed by atoms with van der Waals surface area (Å²) in [5.41, 5.74) is 0.337. The number of aliphatic hydroxyl groups excluding tert-OH is 1. The summed E-state index contributed by atoms with van der Waals surface area (Å²) >= 11 is 0. The number of phenols is 3. The summed E-state index contributed by atoms with van der Waals surface area (Å²) in [5, 5.41) is 39.4. The van der Waals surface area contributed by atoms with Gasteiger partial charge in [-0.25, -0.2) is 0 Å². The average Bonchev–Trinajstić information content (AvgIpc) is 2.50. The molecule has 120 valence electrons. The number of phenolic OH excluding ortho intramolecular Hbond substituents is 3. The number of carbonyl (C=O) groups excluding carboxylic acids is 1. The second-order valence-corrected chi connectivity index (χ2v) is 5.12. The Bertz CT molecular complexity index is 761. The van der Waals surface area contributed by atoms with Crippen molar-refractivity contribution >= 4 is 5.78 Å². The molecule has 0 saturated heterocycles. The van der Waals surface area contributed by atoms with E-state index in [2.05, 4.69) is 0 Å². The Labute approximate surface area is 131 Å². The largest absolute Gasteiger partial charge is 0.508 e. The molecule has 0 saturated carbocycles. The van der Waals surface area contributed by atoms with Crippen molar-refractivity contribution in [3.8, 4) is 28.7 Å². The van der Waals surface area contributed by atoms with Gasteiger partial charge in [0.25, 0.3) is 0 Å². The van der Waals surface area contributed by atoms with Crippen LogP contribution < -0.4 is 9.47 Å². The van der Waals surface area contributed by atoms with Crippen LogP contribution in [0.15, 0.2) is 30.3 Å². The number of aromatic hydroxyl groups is 3. The van der Waals surface area contributed by atoms with Crippen LogP contribution in [0.2, 0.25) is 0 Å². The lowest BCUT2D eigenvalue weighted by atomic mass is 9.93. The first-order valence-electron chi connectivity index (χ1n) is 6.74. The maximum absolute atomic E-state index is 12.2. The van der Waals surface area contributed by atoms with E-state index >= 15 is 0 Å². The van der Waals surface area contributed by atoms with Gasteiger partial charge < -0.3 is 29.9 Å². The van der Waals surface area contributed by atoms with Crippen molar-refractivity contribution < 1.29 is 34.7 Å². The van der Waals surface area contributed by atoms with Gasteiger partial charge in [0.15, 0.2) is 29.5 Å². The van der Waals surface area contributed by atoms with E-state index in [9.17, 15) is 25.2 Å². The van der Waals surface area contributed by atoms with Gasteiger partial charge in [0, 0.05) is 11.6 Å². The van der Waals surface area contributed by atoms with Crippen molar-refractivity contribution in [2.45, 2.75) is 12.2 Å². The van der Waals surface area contributed by atoms with Gasteiger partial charge in [0.1, 0.15) is 11.5 Å². The molecule has 0 aromatic heterocycles. The molecule has 0 bridgehead atoms. The average molecular weight is 318 g/mol. The summed E-state index contributed by atoms with van der Waals surface area (Å²) in [7, 11) is 1.28. The van der Waals surface area contributed by atoms with E-state index in [-0.39, 0.29) is 39.9 Å². The number of hydrogen-bond donors (Lipinski definition) is 4. The zero-order valence-corrected chi connectivity index (χ0v) is 12.1.